The Morgan fingerprint density at radius 1 is 1.18 bits per heavy atom. The minimum atomic E-state index is 0.0137. The van der Waals surface area contributed by atoms with Crippen LogP contribution in [-0.4, -0.2) is 39.5 Å². The highest BCUT2D eigenvalue weighted by Crippen LogP contribution is 2.33. The third-order valence-electron chi connectivity index (χ3n) is 4.86. The van der Waals surface area contributed by atoms with Crippen molar-refractivity contribution in [3.8, 4) is 0 Å². The largest absolute Gasteiger partial charge is 0.355 e. The molecule has 6 nitrogen and oxygen atoms in total. The van der Waals surface area contributed by atoms with Crippen LogP contribution < -0.4 is 10.2 Å². The highest BCUT2D eigenvalue weighted by Gasteiger charge is 2.40. The molecule has 22 heavy (non-hydrogen) atoms. The van der Waals surface area contributed by atoms with Crippen molar-refractivity contribution in [2.45, 2.75) is 38.1 Å². The first kappa shape index (κ1) is 13.4. The number of hydrogen-bond acceptors (Lipinski definition) is 5. The zero-order valence-corrected chi connectivity index (χ0v) is 12.7. The Kier molecular flexibility index (Phi) is 2.99. The van der Waals surface area contributed by atoms with Crippen molar-refractivity contribution in [1.29, 1.82) is 0 Å². The van der Waals surface area contributed by atoms with Crippen molar-refractivity contribution >= 4 is 22.8 Å². The molecule has 0 radical (unpaired) electrons. The topological polar surface area (TPSA) is 71.0 Å². The van der Waals surface area contributed by atoms with Crippen LogP contribution in [0.3, 0.4) is 0 Å². The Balaban J connectivity index is 1.61. The molecule has 1 N–H and O–H groups in total. The summed E-state index contributed by atoms with van der Waals surface area (Å²) in [6, 6.07) is 3.96. The molecule has 6 heteroatoms. The number of anilines is 1. The number of carbonyl (C=O) groups excluding carboxylic acids is 1. The van der Waals surface area contributed by atoms with E-state index in [1.54, 1.807) is 6.33 Å². The molecule has 4 rings (SSSR count). The lowest BCUT2D eigenvalue weighted by atomic mass is 9.86. The number of pyridine rings is 1. The van der Waals surface area contributed by atoms with Gasteiger partial charge in [-0.1, -0.05) is 0 Å². The lowest BCUT2D eigenvalue weighted by molar-refractivity contribution is -0.119. The summed E-state index contributed by atoms with van der Waals surface area (Å²) in [6.45, 7) is 3.76. The quantitative estimate of drug-likeness (QED) is 0.865. The number of nitrogens with zero attached hydrogens (tertiary/aromatic N) is 4. The van der Waals surface area contributed by atoms with Crippen molar-refractivity contribution in [2.75, 3.05) is 18.0 Å². The first-order valence-corrected chi connectivity index (χ1v) is 7.80. The third-order valence-corrected chi connectivity index (χ3v) is 4.86. The molecule has 0 unspecified atom stereocenters. The number of piperidine rings is 1. The zero-order valence-electron chi connectivity index (χ0n) is 12.7. The van der Waals surface area contributed by atoms with Gasteiger partial charge >= 0.3 is 0 Å². The molecule has 1 spiro atoms. The molecule has 0 saturated carbocycles. The van der Waals surface area contributed by atoms with Gasteiger partial charge in [-0.05, 0) is 38.3 Å². The Morgan fingerprint density at radius 3 is 2.73 bits per heavy atom. The van der Waals surface area contributed by atoms with E-state index in [4.69, 9.17) is 0 Å². The average Bonchev–Trinajstić information content (AvgIpc) is 2.88. The van der Waals surface area contributed by atoms with Gasteiger partial charge in [0.1, 0.15) is 11.8 Å². The van der Waals surface area contributed by atoms with E-state index in [9.17, 15) is 4.79 Å². The van der Waals surface area contributed by atoms with Crippen LogP contribution in [0.15, 0.2) is 18.5 Å². The second-order valence-corrected chi connectivity index (χ2v) is 6.33. The molecule has 2 aliphatic rings. The van der Waals surface area contributed by atoms with E-state index in [0.29, 0.717) is 6.42 Å². The fourth-order valence-electron chi connectivity index (χ4n) is 3.55. The molecular weight excluding hydrogens is 278 g/mol. The van der Waals surface area contributed by atoms with E-state index < -0.39 is 0 Å². The molecule has 0 aliphatic carbocycles. The standard InChI is InChI=1S/C16H19N5O/c1-11-2-3-12-14(19-11)15(18-10-17-12)21-8-6-16(7-9-21)5-4-13(22)20-16/h2-3,10H,4-9H2,1H3,(H,20,22). The van der Waals surface area contributed by atoms with Gasteiger partial charge in [-0.15, -0.1) is 0 Å². The summed E-state index contributed by atoms with van der Waals surface area (Å²) in [5.74, 6) is 1.10. The van der Waals surface area contributed by atoms with E-state index in [1.807, 2.05) is 19.1 Å². The van der Waals surface area contributed by atoms with Crippen molar-refractivity contribution in [1.82, 2.24) is 20.3 Å². The normalized spacial score (nSPS) is 20.6. The van der Waals surface area contributed by atoms with Crippen molar-refractivity contribution < 1.29 is 4.79 Å². The smallest absolute Gasteiger partial charge is 0.220 e. The predicted octanol–water partition coefficient (Wildman–Crippen LogP) is 1.58. The third kappa shape index (κ3) is 2.19. The van der Waals surface area contributed by atoms with Gasteiger partial charge in [-0.2, -0.15) is 0 Å². The Hall–Kier alpha value is -2.24. The molecule has 2 fully saturated rings. The average molecular weight is 297 g/mol. The molecular formula is C16H19N5O. The van der Waals surface area contributed by atoms with Crippen molar-refractivity contribution in [3.63, 3.8) is 0 Å². The zero-order chi connectivity index (χ0) is 15.2. The number of hydrogen-bond donors (Lipinski definition) is 1. The van der Waals surface area contributed by atoms with Gasteiger partial charge in [0.15, 0.2) is 5.82 Å². The summed E-state index contributed by atoms with van der Waals surface area (Å²) >= 11 is 0. The van der Waals surface area contributed by atoms with Gasteiger partial charge in [0.2, 0.25) is 5.91 Å². The van der Waals surface area contributed by atoms with Gasteiger partial charge in [0.05, 0.1) is 5.52 Å². The van der Waals surface area contributed by atoms with Crippen LogP contribution in [0, 0.1) is 6.92 Å². The lowest BCUT2D eigenvalue weighted by Gasteiger charge is -2.39. The number of nitrogens with one attached hydrogen (secondary N) is 1. The van der Waals surface area contributed by atoms with Gasteiger partial charge in [-0.3, -0.25) is 4.79 Å². The van der Waals surface area contributed by atoms with E-state index >= 15 is 0 Å². The molecule has 2 aromatic heterocycles. The minimum absolute atomic E-state index is 0.0137. The Bertz CT molecular complexity index is 736. The molecule has 0 bridgehead atoms. The molecule has 2 aliphatic heterocycles. The fraction of sp³-hybridized carbons (Fsp3) is 0.500. The molecule has 1 amide bonds. The van der Waals surface area contributed by atoms with Crippen LogP contribution in [0.5, 0.6) is 0 Å². The van der Waals surface area contributed by atoms with Crippen LogP contribution in [0.4, 0.5) is 5.82 Å². The first-order chi connectivity index (χ1) is 10.7. The maximum absolute atomic E-state index is 11.5. The predicted molar refractivity (Wildman–Crippen MR) is 83.6 cm³/mol. The number of carbonyl (C=O) groups is 1. The minimum Gasteiger partial charge on any atom is -0.355 e. The second-order valence-electron chi connectivity index (χ2n) is 6.33. The summed E-state index contributed by atoms with van der Waals surface area (Å²) in [7, 11) is 0. The van der Waals surface area contributed by atoms with E-state index in [2.05, 4.69) is 25.2 Å². The number of rotatable bonds is 1. The maximum Gasteiger partial charge on any atom is 0.220 e. The first-order valence-electron chi connectivity index (χ1n) is 7.80. The fourth-order valence-corrected chi connectivity index (χ4v) is 3.55. The number of amides is 1. The molecule has 2 aromatic rings. The van der Waals surface area contributed by atoms with Crippen LogP contribution in [0.2, 0.25) is 0 Å². The summed E-state index contributed by atoms with van der Waals surface area (Å²) < 4.78 is 0. The number of aromatic nitrogens is 3. The van der Waals surface area contributed by atoms with Crippen LogP contribution in [0.25, 0.3) is 11.0 Å². The lowest BCUT2D eigenvalue weighted by Crippen LogP contribution is -2.51. The number of aryl methyl sites for hydroxylation is 1. The monoisotopic (exact) mass is 297 g/mol. The molecule has 0 atom stereocenters. The van der Waals surface area contributed by atoms with Crippen molar-refractivity contribution in [2.24, 2.45) is 0 Å². The van der Waals surface area contributed by atoms with Crippen molar-refractivity contribution in [3.05, 3.63) is 24.2 Å². The van der Waals surface area contributed by atoms with Crippen LogP contribution in [0.1, 0.15) is 31.4 Å². The SMILES string of the molecule is Cc1ccc2ncnc(N3CCC4(CCC(=O)N4)CC3)c2n1. The van der Waals surface area contributed by atoms with E-state index in [-0.39, 0.29) is 11.4 Å². The summed E-state index contributed by atoms with van der Waals surface area (Å²) in [4.78, 5) is 27.2. The highest BCUT2D eigenvalue weighted by atomic mass is 16.2. The van der Waals surface area contributed by atoms with Gasteiger partial charge in [0.25, 0.3) is 0 Å². The van der Waals surface area contributed by atoms with Gasteiger partial charge < -0.3 is 10.2 Å². The van der Waals surface area contributed by atoms with E-state index in [1.165, 1.54) is 0 Å². The maximum atomic E-state index is 11.5. The molecule has 2 saturated heterocycles. The molecule has 0 aromatic carbocycles. The number of fused-ring (bicyclic) bond motifs is 1. The summed E-state index contributed by atoms with van der Waals surface area (Å²) in [6.07, 6.45) is 5.17. The summed E-state index contributed by atoms with van der Waals surface area (Å²) in [5, 5.41) is 3.17. The Labute approximate surface area is 129 Å². The second kappa shape index (κ2) is 4.90. The van der Waals surface area contributed by atoms with Crippen LogP contribution >= 0.6 is 0 Å². The van der Waals surface area contributed by atoms with Crippen LogP contribution in [-0.2, 0) is 4.79 Å². The van der Waals surface area contributed by atoms with E-state index in [0.717, 1.165) is 54.9 Å². The summed E-state index contributed by atoms with van der Waals surface area (Å²) in [5.41, 5.74) is 2.73. The van der Waals surface area contributed by atoms with Gasteiger partial charge in [-0.25, -0.2) is 15.0 Å². The molecule has 4 heterocycles. The Morgan fingerprint density at radius 2 is 2.00 bits per heavy atom. The molecule has 114 valence electrons. The van der Waals surface area contributed by atoms with Gasteiger partial charge in [0, 0.05) is 30.7 Å². The highest BCUT2D eigenvalue weighted by molar-refractivity contribution is 5.85.